The van der Waals surface area contributed by atoms with Crippen LogP contribution in [0, 0.1) is 0 Å². The molecule has 0 saturated carbocycles. The first kappa shape index (κ1) is 26.1. The SMILES string of the molecule is [B]C(=[B])OCCCOP(=O)(OC)OCC1OC(N2C=CCC(C(N)=O)=C2)C2OC(C)(C)OC12. The molecular formula is C19H28B2N2O9P. The van der Waals surface area contributed by atoms with Gasteiger partial charge in [0.1, 0.15) is 0 Å². The van der Waals surface area contributed by atoms with Gasteiger partial charge in [0.15, 0.2) is 5.79 Å². The molecule has 2 saturated heterocycles. The molecule has 3 radical (unpaired) electrons. The number of amides is 1. The third-order valence-electron chi connectivity index (χ3n) is 5.08. The van der Waals surface area contributed by atoms with Crippen LogP contribution < -0.4 is 5.73 Å². The first-order valence-electron chi connectivity index (χ1n) is 10.4. The third-order valence-corrected chi connectivity index (χ3v) is 6.49. The summed E-state index contributed by atoms with van der Waals surface area (Å²) in [5, 5.41) is 0. The van der Waals surface area contributed by atoms with Crippen LogP contribution in [0.3, 0.4) is 0 Å². The minimum absolute atomic E-state index is 0.0322. The molecule has 0 spiro atoms. The van der Waals surface area contributed by atoms with Crippen molar-refractivity contribution in [1.29, 1.82) is 0 Å². The van der Waals surface area contributed by atoms with Crippen molar-refractivity contribution >= 4 is 34.6 Å². The molecule has 179 valence electrons. The average Bonchev–Trinajstić information content (AvgIpc) is 3.24. The van der Waals surface area contributed by atoms with Gasteiger partial charge in [0.05, 0.1) is 0 Å². The summed E-state index contributed by atoms with van der Waals surface area (Å²) >= 11 is 0. The number of carbonyl (C=O) groups excluding carboxylic acids is 1. The molecule has 2 N–H and O–H groups in total. The first-order valence-corrected chi connectivity index (χ1v) is 11.9. The summed E-state index contributed by atoms with van der Waals surface area (Å²) in [6.45, 7) is 3.64. The number of carbonyl (C=O) groups is 1. The molecule has 33 heavy (non-hydrogen) atoms. The van der Waals surface area contributed by atoms with Crippen molar-refractivity contribution in [3.63, 3.8) is 0 Å². The monoisotopic (exact) mass is 481 g/mol. The predicted octanol–water partition coefficient (Wildman–Crippen LogP) is 0.439. The van der Waals surface area contributed by atoms with Crippen LogP contribution >= 0.6 is 7.82 Å². The second-order valence-corrected chi connectivity index (χ2v) is 9.82. The summed E-state index contributed by atoms with van der Waals surface area (Å²) in [6.07, 6.45) is 3.71. The Morgan fingerprint density at radius 2 is 2.03 bits per heavy atom. The van der Waals surface area contributed by atoms with E-state index in [1.807, 2.05) is 0 Å². The molecule has 3 aliphatic rings. The number of phosphoric ester groups is 1. The summed E-state index contributed by atoms with van der Waals surface area (Å²) in [5.74, 6) is -1.38. The predicted molar refractivity (Wildman–Crippen MR) is 119 cm³/mol. The molecule has 0 aliphatic carbocycles. The zero-order valence-corrected chi connectivity index (χ0v) is 19.8. The maximum absolute atomic E-state index is 12.8. The first-order chi connectivity index (χ1) is 15.5. The minimum atomic E-state index is -3.86. The molecule has 5 unspecified atom stereocenters. The molecule has 0 aromatic rings. The second-order valence-electron chi connectivity index (χ2n) is 8.05. The Morgan fingerprint density at radius 1 is 1.30 bits per heavy atom. The zero-order valence-electron chi connectivity index (χ0n) is 18.9. The molecule has 14 heteroatoms. The third kappa shape index (κ3) is 6.79. The Kier molecular flexibility index (Phi) is 8.60. The van der Waals surface area contributed by atoms with Crippen LogP contribution in [0.5, 0.6) is 0 Å². The van der Waals surface area contributed by atoms with Crippen LogP contribution in [-0.4, -0.2) is 88.9 Å². The topological polar surface area (TPSA) is 128 Å². The molecular weight excluding hydrogens is 453 g/mol. The summed E-state index contributed by atoms with van der Waals surface area (Å²) in [4.78, 5) is 13.3. The number of rotatable bonds is 12. The van der Waals surface area contributed by atoms with Gasteiger partial charge in [-0.1, -0.05) is 6.08 Å². The van der Waals surface area contributed by atoms with Gasteiger partial charge >= 0.3 is 119 Å². The Balaban J connectivity index is 1.63. The van der Waals surface area contributed by atoms with E-state index in [4.69, 9.17) is 53.6 Å². The van der Waals surface area contributed by atoms with Crippen molar-refractivity contribution in [3.05, 3.63) is 24.0 Å². The Bertz CT molecular complexity index is 853. The van der Waals surface area contributed by atoms with Gasteiger partial charge in [-0.3, -0.25) is 4.79 Å². The molecule has 2 fully saturated rings. The van der Waals surface area contributed by atoms with Gasteiger partial charge in [-0.05, 0) is 20.3 Å². The van der Waals surface area contributed by atoms with E-state index in [2.05, 4.69) is 0 Å². The number of nitrogens with zero attached hydrogens (tertiary/aromatic N) is 1. The molecule has 0 aromatic heterocycles. The van der Waals surface area contributed by atoms with E-state index in [-0.39, 0.29) is 25.4 Å². The summed E-state index contributed by atoms with van der Waals surface area (Å²) in [7, 11) is 7.78. The number of phosphoric acid groups is 1. The van der Waals surface area contributed by atoms with Gasteiger partial charge in [0, 0.05) is 18.0 Å². The van der Waals surface area contributed by atoms with E-state index < -0.39 is 44.1 Å². The summed E-state index contributed by atoms with van der Waals surface area (Å²) < 4.78 is 51.6. The van der Waals surface area contributed by atoms with Crippen LogP contribution in [0.25, 0.3) is 0 Å². The van der Waals surface area contributed by atoms with Gasteiger partial charge in [0.25, 0.3) is 0 Å². The number of ether oxygens (including phenoxy) is 4. The van der Waals surface area contributed by atoms with E-state index in [0.717, 1.165) is 0 Å². The molecule has 3 heterocycles. The zero-order chi connectivity index (χ0) is 24.2. The number of fused-ring (bicyclic) bond motifs is 1. The van der Waals surface area contributed by atoms with E-state index >= 15 is 0 Å². The molecule has 3 rings (SSSR count). The van der Waals surface area contributed by atoms with Crippen LogP contribution in [0.2, 0.25) is 0 Å². The fourth-order valence-corrected chi connectivity index (χ4v) is 4.63. The number of hydrogen-bond donors (Lipinski definition) is 1. The summed E-state index contributed by atoms with van der Waals surface area (Å²) in [6, 6.07) is 0. The quantitative estimate of drug-likeness (QED) is 0.238. The number of hydrogen-bond acceptors (Lipinski definition) is 10. The van der Waals surface area contributed by atoms with Crippen molar-refractivity contribution in [2.75, 3.05) is 26.9 Å². The molecule has 0 aromatic carbocycles. The maximum atomic E-state index is 12.8. The van der Waals surface area contributed by atoms with Crippen molar-refractivity contribution in [2.24, 2.45) is 5.73 Å². The van der Waals surface area contributed by atoms with Gasteiger partial charge in [0.2, 0.25) is 5.91 Å². The van der Waals surface area contributed by atoms with Crippen molar-refractivity contribution in [3.8, 4) is 0 Å². The summed E-state index contributed by atoms with van der Waals surface area (Å²) in [5.41, 5.74) is 5.70. The van der Waals surface area contributed by atoms with Gasteiger partial charge in [-0.15, -0.1) is 0 Å². The standard InChI is InChI=1S/C19H28B2N2O9P/c1-19(2)31-14-13(11-29-33(25,26-3)28-9-5-8-27-18(20)21)30-17(15(14)32-19)23-7-4-6-12(10-23)16(22)24/h4,7,10,13-15,17H,5-6,8-9,11H2,1-3H3,(H2,22,24). The van der Waals surface area contributed by atoms with Gasteiger partial charge in [-0.25, -0.2) is 0 Å². The van der Waals surface area contributed by atoms with E-state index in [1.165, 1.54) is 7.11 Å². The normalized spacial score (nSPS) is 29.9. The van der Waals surface area contributed by atoms with Crippen LogP contribution in [0.4, 0.5) is 0 Å². The van der Waals surface area contributed by atoms with E-state index in [1.54, 1.807) is 37.2 Å². The van der Waals surface area contributed by atoms with E-state index in [0.29, 0.717) is 18.4 Å². The van der Waals surface area contributed by atoms with Crippen LogP contribution in [-0.2, 0) is 41.9 Å². The molecule has 0 bridgehead atoms. The fraction of sp³-hybridized carbons (Fsp3) is 0.684. The Morgan fingerprint density at radius 3 is 2.70 bits per heavy atom. The number of primary amides is 1. The molecule has 3 aliphatic heterocycles. The Hall–Kier alpha value is -1.46. The fourth-order valence-electron chi connectivity index (χ4n) is 3.67. The Labute approximate surface area is 195 Å². The van der Waals surface area contributed by atoms with Crippen molar-refractivity contribution < 1.29 is 41.9 Å². The van der Waals surface area contributed by atoms with Crippen molar-refractivity contribution in [1.82, 2.24) is 4.90 Å². The average molecular weight is 481 g/mol. The molecule has 11 nitrogen and oxygen atoms in total. The molecule has 5 atom stereocenters. The molecule has 1 amide bonds. The van der Waals surface area contributed by atoms with Gasteiger partial charge < -0.3 is 15.4 Å². The van der Waals surface area contributed by atoms with Gasteiger partial charge in [-0.2, -0.15) is 0 Å². The second kappa shape index (κ2) is 10.9. The van der Waals surface area contributed by atoms with Crippen LogP contribution in [0.15, 0.2) is 24.0 Å². The number of nitrogens with two attached hydrogens (primary N) is 1. The van der Waals surface area contributed by atoms with Crippen molar-refractivity contribution in [2.45, 2.75) is 57.0 Å². The number of allylic oxidation sites excluding steroid dienone is 1. The van der Waals surface area contributed by atoms with Crippen LogP contribution in [0.1, 0.15) is 26.7 Å². The van der Waals surface area contributed by atoms with E-state index in [9.17, 15) is 9.36 Å².